The predicted molar refractivity (Wildman–Crippen MR) is 52.3 cm³/mol. The number of carbonyl (C=O) groups is 1. The summed E-state index contributed by atoms with van der Waals surface area (Å²) in [6.45, 7) is 0.712. The van der Waals surface area contributed by atoms with Crippen LogP contribution in [0.25, 0.3) is 0 Å². The standard InChI is InChI=1S/C9H8ClNO3/c10-6-1-2-8-7(5-6)11(9(12)13)3-4-14-8/h1-2,5H,3-4H2,(H,12,13). The summed E-state index contributed by atoms with van der Waals surface area (Å²) >= 11 is 5.77. The second-order valence-corrected chi connectivity index (χ2v) is 3.33. The molecule has 1 aromatic carbocycles. The average molecular weight is 214 g/mol. The van der Waals surface area contributed by atoms with Gasteiger partial charge in [-0.1, -0.05) is 11.6 Å². The fraction of sp³-hybridized carbons (Fsp3) is 0.222. The number of rotatable bonds is 0. The first kappa shape index (κ1) is 9.15. The maximum absolute atomic E-state index is 10.9. The van der Waals surface area contributed by atoms with E-state index in [0.717, 1.165) is 0 Å². The monoisotopic (exact) mass is 213 g/mol. The SMILES string of the molecule is O=C(O)N1CCOc2ccc(Cl)cc21. The lowest BCUT2D eigenvalue weighted by molar-refractivity contribution is 0.196. The van der Waals surface area contributed by atoms with Gasteiger partial charge in [0.2, 0.25) is 0 Å². The summed E-state index contributed by atoms with van der Waals surface area (Å²) in [6, 6.07) is 4.93. The molecule has 1 aromatic rings. The van der Waals surface area contributed by atoms with Crippen molar-refractivity contribution in [3.05, 3.63) is 23.2 Å². The maximum Gasteiger partial charge on any atom is 0.412 e. The molecule has 1 aliphatic rings. The second-order valence-electron chi connectivity index (χ2n) is 2.89. The van der Waals surface area contributed by atoms with Crippen molar-refractivity contribution in [3.63, 3.8) is 0 Å². The van der Waals surface area contributed by atoms with Crippen molar-refractivity contribution in [3.8, 4) is 5.75 Å². The molecule has 2 rings (SSSR count). The van der Waals surface area contributed by atoms with Gasteiger partial charge >= 0.3 is 6.09 Å². The van der Waals surface area contributed by atoms with Gasteiger partial charge in [-0.05, 0) is 18.2 Å². The summed E-state index contributed by atoms with van der Waals surface area (Å²) in [4.78, 5) is 12.1. The first-order valence-electron chi connectivity index (χ1n) is 4.11. The van der Waals surface area contributed by atoms with Gasteiger partial charge in [-0.2, -0.15) is 0 Å². The van der Waals surface area contributed by atoms with Gasteiger partial charge in [0.1, 0.15) is 12.4 Å². The van der Waals surface area contributed by atoms with E-state index in [0.29, 0.717) is 29.6 Å². The fourth-order valence-electron chi connectivity index (χ4n) is 1.39. The largest absolute Gasteiger partial charge is 0.490 e. The average Bonchev–Trinajstić information content (AvgIpc) is 2.16. The third-order valence-corrected chi connectivity index (χ3v) is 2.25. The summed E-state index contributed by atoms with van der Waals surface area (Å²) in [5.41, 5.74) is 0.510. The Bertz CT molecular complexity index is 380. The molecule has 0 atom stereocenters. The van der Waals surface area contributed by atoms with E-state index in [1.807, 2.05) is 0 Å². The lowest BCUT2D eigenvalue weighted by Crippen LogP contribution is -2.36. The minimum atomic E-state index is -0.989. The predicted octanol–water partition coefficient (Wildman–Crippen LogP) is 2.22. The number of ether oxygens (including phenoxy) is 1. The molecule has 1 aliphatic heterocycles. The minimum Gasteiger partial charge on any atom is -0.490 e. The lowest BCUT2D eigenvalue weighted by atomic mass is 10.2. The quantitative estimate of drug-likeness (QED) is 0.719. The van der Waals surface area contributed by atoms with Crippen LogP contribution in [0.3, 0.4) is 0 Å². The van der Waals surface area contributed by atoms with Crippen LogP contribution in [0.15, 0.2) is 18.2 Å². The van der Waals surface area contributed by atoms with Crippen LogP contribution >= 0.6 is 11.6 Å². The number of benzene rings is 1. The Labute approximate surface area is 85.7 Å². The van der Waals surface area contributed by atoms with E-state index in [1.54, 1.807) is 18.2 Å². The van der Waals surface area contributed by atoms with Crippen molar-refractivity contribution >= 4 is 23.4 Å². The Morgan fingerprint density at radius 2 is 2.36 bits per heavy atom. The van der Waals surface area contributed by atoms with Crippen molar-refractivity contribution in [2.24, 2.45) is 0 Å². The molecule has 74 valence electrons. The van der Waals surface area contributed by atoms with E-state index in [2.05, 4.69) is 0 Å². The smallest absolute Gasteiger partial charge is 0.412 e. The number of amides is 1. The van der Waals surface area contributed by atoms with Gasteiger partial charge in [0.25, 0.3) is 0 Å². The topological polar surface area (TPSA) is 49.8 Å². The molecule has 4 nitrogen and oxygen atoms in total. The molecule has 0 saturated heterocycles. The van der Waals surface area contributed by atoms with Gasteiger partial charge in [-0.15, -0.1) is 0 Å². The van der Waals surface area contributed by atoms with E-state index < -0.39 is 6.09 Å². The Balaban J connectivity index is 2.46. The first-order valence-corrected chi connectivity index (χ1v) is 4.49. The lowest BCUT2D eigenvalue weighted by Gasteiger charge is -2.27. The van der Waals surface area contributed by atoms with Crippen LogP contribution in [0, 0.1) is 0 Å². The van der Waals surface area contributed by atoms with Crippen molar-refractivity contribution in [2.75, 3.05) is 18.1 Å². The Morgan fingerprint density at radius 1 is 1.57 bits per heavy atom. The highest BCUT2D eigenvalue weighted by Crippen LogP contribution is 2.33. The molecule has 0 radical (unpaired) electrons. The van der Waals surface area contributed by atoms with Crippen LogP contribution in [-0.2, 0) is 0 Å². The van der Waals surface area contributed by atoms with Gasteiger partial charge in [0.15, 0.2) is 0 Å². The zero-order valence-corrected chi connectivity index (χ0v) is 7.99. The van der Waals surface area contributed by atoms with E-state index in [9.17, 15) is 4.79 Å². The van der Waals surface area contributed by atoms with E-state index >= 15 is 0 Å². The summed E-state index contributed by atoms with van der Waals surface area (Å²) in [7, 11) is 0. The molecule has 0 unspecified atom stereocenters. The molecule has 5 heteroatoms. The molecule has 0 saturated carbocycles. The molecule has 0 fully saturated rings. The van der Waals surface area contributed by atoms with Crippen LogP contribution in [0.2, 0.25) is 5.02 Å². The molecule has 0 bridgehead atoms. The Kier molecular flexibility index (Phi) is 2.21. The van der Waals surface area contributed by atoms with Crippen molar-refractivity contribution in [1.82, 2.24) is 0 Å². The van der Waals surface area contributed by atoms with E-state index in [4.69, 9.17) is 21.4 Å². The number of halogens is 1. The highest BCUT2D eigenvalue weighted by molar-refractivity contribution is 6.31. The summed E-state index contributed by atoms with van der Waals surface area (Å²) in [5, 5.41) is 9.40. The Morgan fingerprint density at radius 3 is 3.07 bits per heavy atom. The van der Waals surface area contributed by atoms with Crippen LogP contribution in [-0.4, -0.2) is 24.4 Å². The van der Waals surface area contributed by atoms with Crippen molar-refractivity contribution in [2.45, 2.75) is 0 Å². The fourth-order valence-corrected chi connectivity index (χ4v) is 1.56. The number of hydrogen-bond acceptors (Lipinski definition) is 2. The summed E-state index contributed by atoms with van der Waals surface area (Å²) in [6.07, 6.45) is -0.989. The molecule has 1 N–H and O–H groups in total. The van der Waals surface area contributed by atoms with Crippen molar-refractivity contribution in [1.29, 1.82) is 0 Å². The number of anilines is 1. The Hall–Kier alpha value is -1.42. The molecule has 14 heavy (non-hydrogen) atoms. The number of hydrogen-bond donors (Lipinski definition) is 1. The summed E-state index contributed by atoms with van der Waals surface area (Å²) < 4.78 is 5.30. The first-order chi connectivity index (χ1) is 6.68. The zero-order valence-electron chi connectivity index (χ0n) is 7.24. The van der Waals surface area contributed by atoms with E-state index in [-0.39, 0.29) is 0 Å². The van der Waals surface area contributed by atoms with Gasteiger partial charge in [0, 0.05) is 5.02 Å². The highest BCUT2D eigenvalue weighted by Gasteiger charge is 2.22. The zero-order chi connectivity index (χ0) is 10.1. The number of fused-ring (bicyclic) bond motifs is 1. The number of carboxylic acid groups (broad SMARTS) is 1. The molecular weight excluding hydrogens is 206 g/mol. The number of nitrogens with zero attached hydrogens (tertiary/aromatic N) is 1. The van der Waals surface area contributed by atoms with Gasteiger partial charge in [-0.3, -0.25) is 4.90 Å². The van der Waals surface area contributed by atoms with Crippen LogP contribution in [0.1, 0.15) is 0 Å². The third kappa shape index (κ3) is 1.48. The molecular formula is C9H8ClNO3. The molecule has 0 spiro atoms. The highest BCUT2D eigenvalue weighted by atomic mass is 35.5. The molecule has 0 aromatic heterocycles. The van der Waals surface area contributed by atoms with Crippen LogP contribution < -0.4 is 9.64 Å². The normalized spacial score (nSPS) is 14.5. The van der Waals surface area contributed by atoms with Crippen molar-refractivity contribution < 1.29 is 14.6 Å². The second kappa shape index (κ2) is 3.38. The molecule has 0 aliphatic carbocycles. The van der Waals surface area contributed by atoms with Gasteiger partial charge < -0.3 is 9.84 Å². The minimum absolute atomic E-state index is 0.336. The molecule has 1 heterocycles. The van der Waals surface area contributed by atoms with Gasteiger partial charge in [-0.25, -0.2) is 4.79 Å². The summed E-state index contributed by atoms with van der Waals surface area (Å²) in [5.74, 6) is 0.558. The van der Waals surface area contributed by atoms with E-state index in [1.165, 1.54) is 4.90 Å². The van der Waals surface area contributed by atoms with Gasteiger partial charge in [0.05, 0.1) is 12.2 Å². The van der Waals surface area contributed by atoms with Crippen LogP contribution in [0.5, 0.6) is 5.75 Å². The molecule has 1 amide bonds. The van der Waals surface area contributed by atoms with Crippen LogP contribution in [0.4, 0.5) is 10.5 Å². The maximum atomic E-state index is 10.9. The third-order valence-electron chi connectivity index (χ3n) is 2.02.